The molecule has 0 bridgehead atoms. The van der Waals surface area contributed by atoms with E-state index in [0.29, 0.717) is 18.7 Å². The molecule has 1 aliphatic heterocycles. The smallest absolute Gasteiger partial charge is 0.318 e. The number of hydrogen-bond donors (Lipinski definition) is 1. The predicted octanol–water partition coefficient (Wildman–Crippen LogP) is 2.31. The van der Waals surface area contributed by atoms with Gasteiger partial charge in [0.05, 0.1) is 0 Å². The molecule has 102 valence electrons. The zero-order valence-corrected chi connectivity index (χ0v) is 9.83. The monoisotopic (exact) mass is 272 g/mol. The van der Waals surface area contributed by atoms with Crippen LogP contribution in [0.25, 0.3) is 0 Å². The van der Waals surface area contributed by atoms with Crippen LogP contribution in [0, 0.1) is 0 Å². The summed E-state index contributed by atoms with van der Waals surface area (Å²) >= 11 is 0. The molecule has 1 heterocycles. The Bertz CT molecular complexity index is 514. The van der Waals surface area contributed by atoms with Gasteiger partial charge in [-0.05, 0) is 24.6 Å². The highest BCUT2D eigenvalue weighted by Gasteiger charge is 2.38. The Morgan fingerprint density at radius 3 is 2.63 bits per heavy atom. The van der Waals surface area contributed by atoms with E-state index in [1.165, 1.54) is 23.1 Å². The standard InChI is InChI=1S/C12H11F3N2O2/c13-12(14,15)11(19)16-8-3-1-4-9(7-8)17-6-2-5-10(17)18/h1,3-4,7H,2,5-6H2,(H,16,19). The molecule has 1 saturated heterocycles. The molecular weight excluding hydrogens is 261 g/mol. The van der Waals surface area contributed by atoms with Gasteiger partial charge in [0.2, 0.25) is 5.91 Å². The number of anilines is 2. The molecule has 4 nitrogen and oxygen atoms in total. The van der Waals surface area contributed by atoms with Crippen molar-refractivity contribution in [1.29, 1.82) is 0 Å². The van der Waals surface area contributed by atoms with Crippen LogP contribution in [-0.4, -0.2) is 24.5 Å². The van der Waals surface area contributed by atoms with Gasteiger partial charge in [0, 0.05) is 24.3 Å². The number of amides is 2. The summed E-state index contributed by atoms with van der Waals surface area (Å²) in [5, 5.41) is 1.76. The van der Waals surface area contributed by atoms with Gasteiger partial charge in [-0.1, -0.05) is 6.07 Å². The van der Waals surface area contributed by atoms with Crippen LogP contribution in [0.15, 0.2) is 24.3 Å². The van der Waals surface area contributed by atoms with Crippen molar-refractivity contribution < 1.29 is 22.8 Å². The SMILES string of the molecule is O=C1CCCN1c1cccc(NC(=O)C(F)(F)F)c1. The number of hydrogen-bond acceptors (Lipinski definition) is 2. The summed E-state index contributed by atoms with van der Waals surface area (Å²) in [6.45, 7) is 0.537. The van der Waals surface area contributed by atoms with E-state index >= 15 is 0 Å². The van der Waals surface area contributed by atoms with Crippen molar-refractivity contribution >= 4 is 23.2 Å². The Balaban J connectivity index is 2.16. The molecule has 1 aromatic carbocycles. The highest BCUT2D eigenvalue weighted by Crippen LogP contribution is 2.25. The van der Waals surface area contributed by atoms with Crippen molar-refractivity contribution in [3.05, 3.63) is 24.3 Å². The first-order valence-electron chi connectivity index (χ1n) is 5.66. The molecule has 0 aliphatic carbocycles. The van der Waals surface area contributed by atoms with Crippen LogP contribution in [-0.2, 0) is 9.59 Å². The van der Waals surface area contributed by atoms with Gasteiger partial charge in [0.1, 0.15) is 0 Å². The topological polar surface area (TPSA) is 49.4 Å². The van der Waals surface area contributed by atoms with Gasteiger partial charge < -0.3 is 10.2 Å². The first kappa shape index (κ1) is 13.4. The Labute approximate surface area is 107 Å². The summed E-state index contributed by atoms with van der Waals surface area (Å²) in [5.74, 6) is -2.10. The van der Waals surface area contributed by atoms with E-state index in [0.717, 1.165) is 6.42 Å². The van der Waals surface area contributed by atoms with E-state index < -0.39 is 12.1 Å². The van der Waals surface area contributed by atoms with Crippen molar-refractivity contribution in [1.82, 2.24) is 0 Å². The van der Waals surface area contributed by atoms with Gasteiger partial charge in [-0.15, -0.1) is 0 Å². The zero-order chi connectivity index (χ0) is 14.0. The van der Waals surface area contributed by atoms with Crippen LogP contribution in [0.4, 0.5) is 24.5 Å². The van der Waals surface area contributed by atoms with Gasteiger partial charge in [-0.3, -0.25) is 9.59 Å². The number of carbonyl (C=O) groups excluding carboxylic acids is 2. The van der Waals surface area contributed by atoms with Crippen molar-refractivity contribution in [2.24, 2.45) is 0 Å². The lowest BCUT2D eigenvalue weighted by molar-refractivity contribution is -0.167. The van der Waals surface area contributed by atoms with E-state index in [1.807, 2.05) is 0 Å². The van der Waals surface area contributed by atoms with Gasteiger partial charge in [-0.25, -0.2) is 0 Å². The second-order valence-corrected chi connectivity index (χ2v) is 4.15. The molecule has 0 aromatic heterocycles. The van der Waals surface area contributed by atoms with Crippen molar-refractivity contribution in [2.75, 3.05) is 16.8 Å². The van der Waals surface area contributed by atoms with E-state index in [-0.39, 0.29) is 11.6 Å². The molecule has 2 rings (SSSR count). The number of benzene rings is 1. The molecule has 1 aliphatic rings. The highest BCUT2D eigenvalue weighted by molar-refractivity contribution is 5.98. The quantitative estimate of drug-likeness (QED) is 0.898. The maximum Gasteiger partial charge on any atom is 0.471 e. The highest BCUT2D eigenvalue weighted by atomic mass is 19.4. The molecule has 1 aromatic rings. The lowest BCUT2D eigenvalue weighted by atomic mass is 10.2. The number of rotatable bonds is 2. The maximum absolute atomic E-state index is 12.1. The van der Waals surface area contributed by atoms with Gasteiger partial charge in [0.25, 0.3) is 0 Å². The first-order chi connectivity index (χ1) is 8.88. The van der Waals surface area contributed by atoms with E-state index in [9.17, 15) is 22.8 Å². The third kappa shape index (κ3) is 3.04. The fourth-order valence-electron chi connectivity index (χ4n) is 1.87. The minimum atomic E-state index is -4.93. The third-order valence-corrected chi connectivity index (χ3v) is 2.75. The van der Waals surface area contributed by atoms with Gasteiger partial charge >= 0.3 is 12.1 Å². The largest absolute Gasteiger partial charge is 0.471 e. The number of carbonyl (C=O) groups is 2. The summed E-state index contributed by atoms with van der Waals surface area (Å²) < 4.78 is 36.4. The summed E-state index contributed by atoms with van der Waals surface area (Å²) in [6.07, 6.45) is -3.78. The van der Waals surface area contributed by atoms with E-state index in [4.69, 9.17) is 0 Å². The van der Waals surface area contributed by atoms with Gasteiger partial charge in [0.15, 0.2) is 0 Å². The Hall–Kier alpha value is -2.05. The zero-order valence-electron chi connectivity index (χ0n) is 9.83. The molecule has 2 amide bonds. The average molecular weight is 272 g/mol. The van der Waals surface area contributed by atoms with Crippen LogP contribution in [0.1, 0.15) is 12.8 Å². The fourth-order valence-corrected chi connectivity index (χ4v) is 1.87. The molecule has 1 fully saturated rings. The summed E-state index contributed by atoms with van der Waals surface area (Å²) in [6, 6.07) is 5.81. The Morgan fingerprint density at radius 1 is 1.32 bits per heavy atom. The van der Waals surface area contributed by atoms with Crippen molar-refractivity contribution in [2.45, 2.75) is 19.0 Å². The molecule has 1 N–H and O–H groups in total. The van der Waals surface area contributed by atoms with Crippen molar-refractivity contribution in [3.8, 4) is 0 Å². The molecule has 0 atom stereocenters. The lowest BCUT2D eigenvalue weighted by Gasteiger charge is -2.17. The summed E-state index contributed by atoms with van der Waals surface area (Å²) in [5.41, 5.74) is 0.502. The number of alkyl halides is 3. The molecule has 0 saturated carbocycles. The van der Waals surface area contributed by atoms with Crippen LogP contribution < -0.4 is 10.2 Å². The first-order valence-corrected chi connectivity index (χ1v) is 5.66. The summed E-state index contributed by atoms with van der Waals surface area (Å²) in [4.78, 5) is 23.8. The molecular formula is C12H11F3N2O2. The molecule has 0 radical (unpaired) electrons. The normalized spacial score (nSPS) is 15.7. The van der Waals surface area contributed by atoms with Gasteiger partial charge in [-0.2, -0.15) is 13.2 Å². The predicted molar refractivity (Wildman–Crippen MR) is 62.7 cm³/mol. The second-order valence-electron chi connectivity index (χ2n) is 4.15. The lowest BCUT2D eigenvalue weighted by Crippen LogP contribution is -2.30. The third-order valence-electron chi connectivity index (χ3n) is 2.75. The number of halogens is 3. The van der Waals surface area contributed by atoms with Crippen LogP contribution in [0.2, 0.25) is 0 Å². The fraction of sp³-hybridized carbons (Fsp3) is 0.333. The number of nitrogens with zero attached hydrogens (tertiary/aromatic N) is 1. The molecule has 0 spiro atoms. The van der Waals surface area contributed by atoms with Crippen molar-refractivity contribution in [3.63, 3.8) is 0 Å². The molecule has 19 heavy (non-hydrogen) atoms. The van der Waals surface area contributed by atoms with Crippen LogP contribution in [0.3, 0.4) is 0 Å². The van der Waals surface area contributed by atoms with Crippen LogP contribution >= 0.6 is 0 Å². The summed E-state index contributed by atoms with van der Waals surface area (Å²) in [7, 11) is 0. The average Bonchev–Trinajstić information content (AvgIpc) is 2.74. The molecule has 7 heteroatoms. The van der Waals surface area contributed by atoms with E-state index in [1.54, 1.807) is 11.4 Å². The minimum Gasteiger partial charge on any atom is -0.318 e. The second kappa shape index (κ2) is 4.91. The Morgan fingerprint density at radius 2 is 2.05 bits per heavy atom. The number of nitrogens with one attached hydrogen (secondary N) is 1. The van der Waals surface area contributed by atoms with E-state index in [2.05, 4.69) is 0 Å². The molecule has 0 unspecified atom stereocenters. The minimum absolute atomic E-state index is 0.0134. The van der Waals surface area contributed by atoms with Crippen LogP contribution in [0.5, 0.6) is 0 Å². The Kier molecular flexibility index (Phi) is 3.46. The maximum atomic E-state index is 12.1.